The topological polar surface area (TPSA) is 117 Å². The summed E-state index contributed by atoms with van der Waals surface area (Å²) in [5.41, 5.74) is 2.38. The number of H-pyrrole nitrogens is 1. The van der Waals surface area contributed by atoms with Crippen molar-refractivity contribution in [3.05, 3.63) is 63.5 Å². The molecule has 2 aromatic heterocycles. The van der Waals surface area contributed by atoms with E-state index in [2.05, 4.69) is 20.2 Å². The van der Waals surface area contributed by atoms with Crippen LogP contribution in [0.4, 0.5) is 16.5 Å². The monoisotopic (exact) mass is 379 g/mol. The van der Waals surface area contributed by atoms with Gasteiger partial charge in [0.25, 0.3) is 5.69 Å². The van der Waals surface area contributed by atoms with Gasteiger partial charge in [0.1, 0.15) is 0 Å². The Hall–Kier alpha value is -3.59. The Balaban J connectivity index is 1.69. The summed E-state index contributed by atoms with van der Waals surface area (Å²) in [6.45, 7) is 1.87. The highest BCUT2D eigenvalue weighted by atomic mass is 32.1. The average molecular weight is 379 g/mol. The van der Waals surface area contributed by atoms with Crippen LogP contribution in [0.25, 0.3) is 22.2 Å². The number of fused-ring (bicyclic) bond motifs is 1. The molecule has 0 saturated heterocycles. The van der Waals surface area contributed by atoms with Gasteiger partial charge in [-0.05, 0) is 13.0 Å². The standard InChI is InChI=1S/C18H13N5O3S/c1-10-15(11-5-4-6-12(9-11)23(25)26)20-18(27-10)22-21-16-13-7-2-3-8-14(13)19-17(16)24/h2-9,19,24H,1H3. The Labute approximate surface area is 157 Å². The summed E-state index contributed by atoms with van der Waals surface area (Å²) in [5, 5.41) is 30.5. The number of nitrogens with zero attached hydrogens (tertiary/aromatic N) is 4. The number of non-ortho nitro benzene ring substituents is 1. The third-order valence-corrected chi connectivity index (χ3v) is 4.87. The molecule has 8 nitrogen and oxygen atoms in total. The predicted molar refractivity (Wildman–Crippen MR) is 103 cm³/mol. The first-order valence-corrected chi connectivity index (χ1v) is 8.78. The number of nitro benzene ring substituents is 1. The summed E-state index contributed by atoms with van der Waals surface area (Å²) < 4.78 is 0. The summed E-state index contributed by atoms with van der Waals surface area (Å²) in [6, 6.07) is 13.7. The second-order valence-electron chi connectivity index (χ2n) is 5.78. The lowest BCUT2D eigenvalue weighted by Crippen LogP contribution is -1.88. The van der Waals surface area contributed by atoms with E-state index in [4.69, 9.17) is 0 Å². The van der Waals surface area contributed by atoms with Gasteiger partial charge in [0.2, 0.25) is 11.0 Å². The van der Waals surface area contributed by atoms with Crippen molar-refractivity contribution < 1.29 is 10.0 Å². The molecular weight excluding hydrogens is 366 g/mol. The van der Waals surface area contributed by atoms with Gasteiger partial charge in [0.15, 0.2) is 5.69 Å². The molecule has 9 heteroatoms. The number of nitrogens with one attached hydrogen (secondary N) is 1. The number of benzene rings is 2. The fourth-order valence-electron chi connectivity index (χ4n) is 2.77. The van der Waals surface area contributed by atoms with Gasteiger partial charge in [-0.2, -0.15) is 0 Å². The predicted octanol–water partition coefficient (Wildman–Crippen LogP) is 5.63. The van der Waals surface area contributed by atoms with Crippen LogP contribution in [0.3, 0.4) is 0 Å². The molecule has 0 amide bonds. The minimum absolute atomic E-state index is 0.00629. The molecule has 2 N–H and O–H groups in total. The lowest BCUT2D eigenvalue weighted by Gasteiger charge is -1.98. The van der Waals surface area contributed by atoms with E-state index >= 15 is 0 Å². The van der Waals surface area contributed by atoms with E-state index in [9.17, 15) is 15.2 Å². The first-order chi connectivity index (χ1) is 13.0. The van der Waals surface area contributed by atoms with E-state index in [1.54, 1.807) is 12.1 Å². The van der Waals surface area contributed by atoms with Crippen LogP contribution in [0.5, 0.6) is 5.88 Å². The molecular formula is C18H13N5O3S. The second kappa shape index (κ2) is 6.61. The van der Waals surface area contributed by atoms with Crippen LogP contribution in [0.15, 0.2) is 58.8 Å². The summed E-state index contributed by atoms with van der Waals surface area (Å²) in [5.74, 6) is -0.0628. The number of hydrogen-bond donors (Lipinski definition) is 2. The highest BCUT2D eigenvalue weighted by Crippen LogP contribution is 2.38. The first kappa shape index (κ1) is 16.9. The van der Waals surface area contributed by atoms with Gasteiger partial charge < -0.3 is 10.1 Å². The summed E-state index contributed by atoms with van der Waals surface area (Å²) >= 11 is 1.32. The summed E-state index contributed by atoms with van der Waals surface area (Å²) in [4.78, 5) is 18.7. The van der Waals surface area contributed by atoms with Gasteiger partial charge in [-0.1, -0.05) is 41.7 Å². The minimum atomic E-state index is -0.439. The molecule has 4 rings (SSSR count). The maximum atomic E-state index is 11.0. The first-order valence-electron chi connectivity index (χ1n) is 7.96. The molecule has 0 aliphatic carbocycles. The highest BCUT2D eigenvalue weighted by molar-refractivity contribution is 7.15. The number of rotatable bonds is 4. The van der Waals surface area contributed by atoms with Crippen LogP contribution < -0.4 is 0 Å². The molecule has 2 aromatic carbocycles. The van der Waals surface area contributed by atoms with Gasteiger partial charge in [-0.3, -0.25) is 10.1 Å². The van der Waals surface area contributed by atoms with Crippen LogP contribution in [0.1, 0.15) is 4.88 Å². The molecule has 0 spiro atoms. The molecule has 0 aliphatic heterocycles. The zero-order valence-electron chi connectivity index (χ0n) is 14.1. The molecule has 0 radical (unpaired) electrons. The zero-order valence-corrected chi connectivity index (χ0v) is 14.9. The number of nitro groups is 1. The number of aromatic hydroxyl groups is 1. The van der Waals surface area contributed by atoms with E-state index < -0.39 is 4.92 Å². The quantitative estimate of drug-likeness (QED) is 0.271. The van der Waals surface area contributed by atoms with Crippen LogP contribution in [0, 0.1) is 17.0 Å². The normalized spacial score (nSPS) is 11.4. The Kier molecular flexibility index (Phi) is 4.13. The van der Waals surface area contributed by atoms with Crippen molar-refractivity contribution in [2.75, 3.05) is 0 Å². The molecule has 2 heterocycles. The molecule has 0 aliphatic rings. The summed E-state index contributed by atoms with van der Waals surface area (Å²) in [6.07, 6.45) is 0. The fraction of sp³-hybridized carbons (Fsp3) is 0.0556. The minimum Gasteiger partial charge on any atom is -0.493 e. The Morgan fingerprint density at radius 1 is 1.19 bits per heavy atom. The lowest BCUT2D eigenvalue weighted by molar-refractivity contribution is -0.384. The lowest BCUT2D eigenvalue weighted by atomic mass is 10.1. The zero-order chi connectivity index (χ0) is 19.0. The van der Waals surface area contributed by atoms with Crippen LogP contribution in [-0.4, -0.2) is 20.0 Å². The van der Waals surface area contributed by atoms with Crippen molar-refractivity contribution in [1.29, 1.82) is 0 Å². The third kappa shape index (κ3) is 3.15. The molecule has 0 atom stereocenters. The molecule has 0 unspecified atom stereocenters. The maximum absolute atomic E-state index is 11.0. The van der Waals surface area contributed by atoms with Gasteiger partial charge in [-0.15, -0.1) is 10.2 Å². The van der Waals surface area contributed by atoms with Crippen molar-refractivity contribution >= 4 is 38.7 Å². The SMILES string of the molecule is Cc1sc(N=Nc2c(O)[nH]c3ccccc23)nc1-c1cccc([N+](=O)[O-])c1. The molecule has 134 valence electrons. The van der Waals surface area contributed by atoms with Gasteiger partial charge in [0, 0.05) is 28.0 Å². The number of azo groups is 1. The van der Waals surface area contributed by atoms with Crippen molar-refractivity contribution in [3.63, 3.8) is 0 Å². The highest BCUT2D eigenvalue weighted by Gasteiger charge is 2.14. The van der Waals surface area contributed by atoms with Crippen molar-refractivity contribution in [2.24, 2.45) is 10.2 Å². The average Bonchev–Trinajstić information content (AvgIpc) is 3.19. The Bertz CT molecular complexity index is 1190. The number of thiazole rings is 1. The fourth-order valence-corrected chi connectivity index (χ4v) is 3.52. The van der Waals surface area contributed by atoms with Crippen molar-refractivity contribution in [2.45, 2.75) is 6.92 Å². The van der Waals surface area contributed by atoms with E-state index in [1.165, 1.54) is 23.5 Å². The number of para-hydroxylation sites is 1. The maximum Gasteiger partial charge on any atom is 0.270 e. The number of aryl methyl sites for hydroxylation is 1. The second-order valence-corrected chi connectivity index (χ2v) is 6.96. The van der Waals surface area contributed by atoms with Crippen LogP contribution >= 0.6 is 11.3 Å². The van der Waals surface area contributed by atoms with Crippen molar-refractivity contribution in [3.8, 4) is 17.1 Å². The van der Waals surface area contributed by atoms with Gasteiger partial charge >= 0.3 is 0 Å². The summed E-state index contributed by atoms with van der Waals surface area (Å²) in [7, 11) is 0. The van der Waals surface area contributed by atoms with Crippen LogP contribution in [0.2, 0.25) is 0 Å². The van der Waals surface area contributed by atoms with E-state index in [0.717, 1.165) is 15.8 Å². The molecule has 0 fully saturated rings. The van der Waals surface area contributed by atoms with Gasteiger partial charge in [-0.25, -0.2) is 4.98 Å². The van der Waals surface area contributed by atoms with Gasteiger partial charge in [0.05, 0.1) is 16.1 Å². The number of hydrogen-bond acceptors (Lipinski definition) is 7. The van der Waals surface area contributed by atoms with E-state index in [-0.39, 0.29) is 11.6 Å². The smallest absolute Gasteiger partial charge is 0.270 e. The van der Waals surface area contributed by atoms with E-state index in [1.807, 2.05) is 31.2 Å². The number of aromatic amines is 1. The largest absolute Gasteiger partial charge is 0.493 e. The number of aromatic nitrogens is 2. The Morgan fingerprint density at radius 2 is 2.00 bits per heavy atom. The molecule has 27 heavy (non-hydrogen) atoms. The van der Waals surface area contributed by atoms with E-state index in [0.29, 0.717) is 22.1 Å². The molecule has 0 bridgehead atoms. The molecule has 4 aromatic rings. The molecule has 0 saturated carbocycles. The van der Waals surface area contributed by atoms with Crippen LogP contribution in [-0.2, 0) is 0 Å². The van der Waals surface area contributed by atoms with Crippen molar-refractivity contribution in [1.82, 2.24) is 9.97 Å². The Morgan fingerprint density at radius 3 is 2.81 bits per heavy atom. The third-order valence-electron chi connectivity index (χ3n) is 4.01.